The smallest absolute Gasteiger partial charge is 0.254 e. The molecule has 2 aromatic rings. The van der Waals surface area contributed by atoms with E-state index in [2.05, 4.69) is 31.2 Å². The van der Waals surface area contributed by atoms with Gasteiger partial charge in [-0.25, -0.2) is 9.97 Å². The Bertz CT molecular complexity index is 585. The Hall–Kier alpha value is -1.40. The van der Waals surface area contributed by atoms with Crippen molar-refractivity contribution in [2.24, 2.45) is 0 Å². The molecule has 0 saturated carbocycles. The maximum atomic E-state index is 11.9. The average Bonchev–Trinajstić information content (AvgIpc) is 2.75. The third-order valence-electron chi connectivity index (χ3n) is 2.12. The Labute approximate surface area is 117 Å². The third kappa shape index (κ3) is 3.08. The van der Waals surface area contributed by atoms with Crippen LogP contribution in [0.3, 0.4) is 0 Å². The van der Waals surface area contributed by atoms with Crippen LogP contribution in [-0.2, 0) is 6.54 Å². The third-order valence-corrected chi connectivity index (χ3v) is 2.85. The summed E-state index contributed by atoms with van der Waals surface area (Å²) in [6.45, 7) is 1.99. The molecule has 0 bridgehead atoms. The second-order valence-electron chi connectivity index (χ2n) is 3.54. The first-order valence-electron chi connectivity index (χ1n) is 5.07. The molecule has 0 atom stereocenters. The van der Waals surface area contributed by atoms with Crippen LogP contribution < -0.4 is 5.32 Å². The number of pyridine rings is 1. The number of carbonyl (C=O) groups is 1. The number of oxazole rings is 1. The molecule has 2 aromatic heterocycles. The number of hydrogen-bond donors (Lipinski definition) is 1. The Balaban J connectivity index is 2.05. The van der Waals surface area contributed by atoms with Gasteiger partial charge in [0.05, 0.1) is 18.3 Å². The largest absolute Gasteiger partial charge is 0.444 e. The monoisotopic (exact) mass is 329 g/mol. The summed E-state index contributed by atoms with van der Waals surface area (Å²) >= 11 is 9.08. The second kappa shape index (κ2) is 5.49. The van der Waals surface area contributed by atoms with Gasteiger partial charge in [0.2, 0.25) is 5.89 Å². The zero-order chi connectivity index (χ0) is 13.1. The van der Waals surface area contributed by atoms with Gasteiger partial charge in [0.1, 0.15) is 10.9 Å². The molecule has 2 heterocycles. The molecular formula is C11H9BrClN3O2. The molecule has 0 aliphatic carbocycles. The molecule has 1 N–H and O–H groups in total. The first-order chi connectivity index (χ1) is 8.56. The van der Waals surface area contributed by atoms with Crippen LogP contribution in [0.1, 0.15) is 22.0 Å². The minimum absolute atomic E-state index is 0.152. The van der Waals surface area contributed by atoms with Crippen molar-refractivity contribution >= 4 is 33.4 Å². The predicted octanol–water partition coefficient (Wildman–Crippen LogP) is 2.72. The molecule has 18 heavy (non-hydrogen) atoms. The number of aromatic nitrogens is 2. The van der Waals surface area contributed by atoms with Gasteiger partial charge in [-0.05, 0) is 28.9 Å². The molecule has 0 aliphatic heterocycles. The fraction of sp³-hybridized carbons (Fsp3) is 0.182. The Morgan fingerprint density at radius 3 is 2.94 bits per heavy atom. The van der Waals surface area contributed by atoms with Crippen LogP contribution in [0.15, 0.2) is 27.3 Å². The van der Waals surface area contributed by atoms with Crippen LogP contribution in [0.5, 0.6) is 0 Å². The average molecular weight is 331 g/mol. The molecule has 0 radical (unpaired) electrons. The van der Waals surface area contributed by atoms with E-state index in [-0.39, 0.29) is 17.6 Å². The first kappa shape index (κ1) is 13.0. The molecule has 1 amide bonds. The van der Waals surface area contributed by atoms with Crippen molar-refractivity contribution in [3.63, 3.8) is 0 Å². The molecule has 0 spiro atoms. The lowest BCUT2D eigenvalue weighted by atomic mass is 10.2. The highest BCUT2D eigenvalue weighted by atomic mass is 79.9. The van der Waals surface area contributed by atoms with Gasteiger partial charge < -0.3 is 9.73 Å². The normalized spacial score (nSPS) is 10.4. The Morgan fingerprint density at radius 1 is 1.50 bits per heavy atom. The van der Waals surface area contributed by atoms with E-state index in [1.807, 2.05) is 0 Å². The number of nitrogens with zero attached hydrogens (tertiary/aromatic N) is 2. The molecule has 5 nitrogen and oxygen atoms in total. The molecule has 2 rings (SSSR count). The highest BCUT2D eigenvalue weighted by Crippen LogP contribution is 2.17. The van der Waals surface area contributed by atoms with Crippen LogP contribution in [0.2, 0.25) is 5.15 Å². The molecule has 7 heteroatoms. The standard InChI is InChI=1S/C11H9BrClN3O2/c1-6-3-14-9(18-6)5-16-11(17)8-2-7(12)4-15-10(8)13/h2-4H,5H2,1H3,(H,16,17). The van der Waals surface area contributed by atoms with Gasteiger partial charge in [0, 0.05) is 10.7 Å². The molecule has 94 valence electrons. The van der Waals surface area contributed by atoms with E-state index in [1.54, 1.807) is 19.2 Å². The van der Waals surface area contributed by atoms with Gasteiger partial charge in [-0.2, -0.15) is 0 Å². The molecule has 0 fully saturated rings. The summed E-state index contributed by atoms with van der Waals surface area (Å²) in [4.78, 5) is 19.7. The summed E-state index contributed by atoms with van der Waals surface area (Å²) in [5.74, 6) is 0.811. The van der Waals surface area contributed by atoms with Crippen molar-refractivity contribution in [1.29, 1.82) is 0 Å². The van der Waals surface area contributed by atoms with E-state index in [9.17, 15) is 4.79 Å². The van der Waals surface area contributed by atoms with Gasteiger partial charge in [0.15, 0.2) is 0 Å². The van der Waals surface area contributed by atoms with E-state index >= 15 is 0 Å². The highest BCUT2D eigenvalue weighted by Gasteiger charge is 2.12. The summed E-state index contributed by atoms with van der Waals surface area (Å²) in [5, 5.41) is 2.81. The summed E-state index contributed by atoms with van der Waals surface area (Å²) in [6, 6.07) is 1.60. The van der Waals surface area contributed by atoms with E-state index < -0.39 is 0 Å². The number of aryl methyl sites for hydroxylation is 1. The SMILES string of the molecule is Cc1cnc(CNC(=O)c2cc(Br)cnc2Cl)o1. The van der Waals surface area contributed by atoms with Gasteiger partial charge in [-0.15, -0.1) is 0 Å². The summed E-state index contributed by atoms with van der Waals surface area (Å²) in [7, 11) is 0. The summed E-state index contributed by atoms with van der Waals surface area (Å²) in [6.07, 6.45) is 3.12. The quantitative estimate of drug-likeness (QED) is 0.879. The minimum Gasteiger partial charge on any atom is -0.444 e. The number of rotatable bonds is 3. The maximum Gasteiger partial charge on any atom is 0.254 e. The fourth-order valence-corrected chi connectivity index (χ4v) is 1.84. The maximum absolute atomic E-state index is 11.9. The van der Waals surface area contributed by atoms with Gasteiger partial charge in [-0.1, -0.05) is 11.6 Å². The van der Waals surface area contributed by atoms with Gasteiger partial charge in [-0.3, -0.25) is 4.79 Å². The topological polar surface area (TPSA) is 68.0 Å². The van der Waals surface area contributed by atoms with E-state index in [4.69, 9.17) is 16.0 Å². The van der Waals surface area contributed by atoms with Gasteiger partial charge in [0.25, 0.3) is 5.91 Å². The lowest BCUT2D eigenvalue weighted by molar-refractivity contribution is 0.0947. The second-order valence-corrected chi connectivity index (χ2v) is 4.81. The van der Waals surface area contributed by atoms with Crippen molar-refractivity contribution in [3.8, 4) is 0 Å². The van der Waals surface area contributed by atoms with Crippen molar-refractivity contribution in [2.75, 3.05) is 0 Å². The first-order valence-corrected chi connectivity index (χ1v) is 6.24. The van der Waals surface area contributed by atoms with Crippen LogP contribution in [0.4, 0.5) is 0 Å². The van der Waals surface area contributed by atoms with Crippen LogP contribution in [0.25, 0.3) is 0 Å². The number of halogens is 2. The van der Waals surface area contributed by atoms with Crippen LogP contribution in [-0.4, -0.2) is 15.9 Å². The Morgan fingerprint density at radius 2 is 2.28 bits per heavy atom. The number of amides is 1. The van der Waals surface area contributed by atoms with Crippen LogP contribution in [0, 0.1) is 6.92 Å². The van der Waals surface area contributed by atoms with Crippen LogP contribution >= 0.6 is 27.5 Å². The lowest BCUT2D eigenvalue weighted by Gasteiger charge is -2.04. The molecule has 0 aliphatic rings. The van der Waals surface area contributed by atoms with E-state index in [1.165, 1.54) is 6.20 Å². The molecule has 0 aromatic carbocycles. The highest BCUT2D eigenvalue weighted by molar-refractivity contribution is 9.10. The minimum atomic E-state index is -0.329. The van der Waals surface area contributed by atoms with E-state index in [0.717, 1.165) is 0 Å². The Kier molecular flexibility index (Phi) is 3.98. The molecule has 0 saturated heterocycles. The van der Waals surface area contributed by atoms with E-state index in [0.29, 0.717) is 21.7 Å². The van der Waals surface area contributed by atoms with Gasteiger partial charge >= 0.3 is 0 Å². The number of nitrogens with one attached hydrogen (secondary N) is 1. The van der Waals surface area contributed by atoms with Crippen molar-refractivity contribution in [2.45, 2.75) is 13.5 Å². The van der Waals surface area contributed by atoms with Crippen molar-refractivity contribution in [1.82, 2.24) is 15.3 Å². The fourth-order valence-electron chi connectivity index (χ4n) is 1.32. The predicted molar refractivity (Wildman–Crippen MR) is 69.4 cm³/mol. The number of carbonyl (C=O) groups excluding carboxylic acids is 1. The summed E-state index contributed by atoms with van der Waals surface area (Å²) < 4.78 is 5.92. The van der Waals surface area contributed by atoms with Crippen molar-refractivity contribution < 1.29 is 9.21 Å². The summed E-state index contributed by atoms with van der Waals surface area (Å²) in [5.41, 5.74) is 0.300. The number of hydrogen-bond acceptors (Lipinski definition) is 4. The zero-order valence-corrected chi connectivity index (χ0v) is 11.7. The lowest BCUT2D eigenvalue weighted by Crippen LogP contribution is -2.23. The molecular weight excluding hydrogens is 321 g/mol. The van der Waals surface area contributed by atoms with Crippen molar-refractivity contribution in [3.05, 3.63) is 45.3 Å². The zero-order valence-electron chi connectivity index (χ0n) is 9.41. The molecule has 0 unspecified atom stereocenters.